The Labute approximate surface area is 173 Å². The molecule has 1 aromatic carbocycles. The molecule has 0 unspecified atom stereocenters. The van der Waals surface area contributed by atoms with Gasteiger partial charge in [0.15, 0.2) is 5.96 Å². The van der Waals surface area contributed by atoms with Crippen molar-refractivity contribution >= 4 is 52.2 Å². The van der Waals surface area contributed by atoms with E-state index in [2.05, 4.69) is 37.9 Å². The third-order valence-electron chi connectivity index (χ3n) is 3.98. The third-order valence-corrected chi connectivity index (χ3v) is 5.02. The Kier molecular flexibility index (Phi) is 7.83. The van der Waals surface area contributed by atoms with E-state index in [0.29, 0.717) is 6.54 Å². The van der Waals surface area contributed by atoms with Gasteiger partial charge in [0.05, 0.1) is 17.2 Å². The second-order valence-electron chi connectivity index (χ2n) is 5.69. The second kappa shape index (κ2) is 9.86. The highest BCUT2D eigenvalue weighted by Crippen LogP contribution is 2.19. The molecule has 0 aliphatic heterocycles. The van der Waals surface area contributed by atoms with E-state index in [4.69, 9.17) is 0 Å². The number of aromatic amines is 1. The molecule has 3 aromatic rings. The Balaban J connectivity index is 0.00000243. The molecule has 5 nitrogen and oxygen atoms in total. The van der Waals surface area contributed by atoms with Crippen LogP contribution in [0.4, 0.5) is 4.39 Å². The summed E-state index contributed by atoms with van der Waals surface area (Å²) in [6.07, 6.45) is 3.72. The summed E-state index contributed by atoms with van der Waals surface area (Å²) in [5.74, 6) is 0.522. The van der Waals surface area contributed by atoms with E-state index in [1.165, 1.54) is 12.1 Å². The van der Waals surface area contributed by atoms with Crippen molar-refractivity contribution in [3.63, 3.8) is 0 Å². The van der Waals surface area contributed by atoms with Crippen molar-refractivity contribution in [3.8, 4) is 0 Å². The van der Waals surface area contributed by atoms with Crippen molar-refractivity contribution < 1.29 is 4.39 Å². The largest absolute Gasteiger partial charge is 0.361 e. The Hall–Kier alpha value is -1.68. The van der Waals surface area contributed by atoms with Gasteiger partial charge in [0.25, 0.3) is 0 Å². The van der Waals surface area contributed by atoms with Crippen molar-refractivity contribution in [2.45, 2.75) is 26.3 Å². The van der Waals surface area contributed by atoms with Crippen LogP contribution < -0.4 is 10.6 Å². The Morgan fingerprint density at radius 2 is 2.19 bits per heavy atom. The highest BCUT2D eigenvalue weighted by Gasteiger charge is 2.06. The van der Waals surface area contributed by atoms with Crippen LogP contribution in [0, 0.1) is 5.82 Å². The number of benzene rings is 1. The summed E-state index contributed by atoms with van der Waals surface area (Å²) >= 11 is 1.69. The lowest BCUT2D eigenvalue weighted by molar-refractivity contribution is 0.629. The molecule has 0 radical (unpaired) electrons. The molecule has 0 bridgehead atoms. The van der Waals surface area contributed by atoms with Crippen molar-refractivity contribution in [1.29, 1.82) is 0 Å². The van der Waals surface area contributed by atoms with Crippen molar-refractivity contribution in [1.82, 2.24) is 20.6 Å². The van der Waals surface area contributed by atoms with Crippen molar-refractivity contribution in [3.05, 3.63) is 51.9 Å². The molecule has 0 aliphatic rings. The fourth-order valence-electron chi connectivity index (χ4n) is 2.67. The minimum absolute atomic E-state index is 0. The minimum atomic E-state index is -0.225. The fraction of sp³-hybridized carbons (Fsp3) is 0.333. The highest BCUT2D eigenvalue weighted by atomic mass is 127. The number of aliphatic imine (C=N–C) groups is 1. The van der Waals surface area contributed by atoms with Gasteiger partial charge in [-0.15, -0.1) is 35.3 Å². The Morgan fingerprint density at radius 3 is 2.92 bits per heavy atom. The molecule has 26 heavy (non-hydrogen) atoms. The first-order chi connectivity index (χ1) is 12.2. The van der Waals surface area contributed by atoms with E-state index in [1.54, 1.807) is 18.4 Å². The van der Waals surface area contributed by atoms with Crippen LogP contribution >= 0.6 is 35.3 Å². The number of thiazole rings is 1. The fourth-order valence-corrected chi connectivity index (χ4v) is 3.41. The zero-order chi connectivity index (χ0) is 17.6. The van der Waals surface area contributed by atoms with Crippen molar-refractivity contribution in [2.24, 2.45) is 4.99 Å². The second-order valence-corrected chi connectivity index (χ2v) is 6.64. The molecule has 3 N–H and O–H groups in total. The molecule has 2 heterocycles. The third kappa shape index (κ3) is 5.16. The van der Waals surface area contributed by atoms with E-state index >= 15 is 0 Å². The maximum absolute atomic E-state index is 13.2. The zero-order valence-electron chi connectivity index (χ0n) is 14.8. The van der Waals surface area contributed by atoms with Crippen LogP contribution in [0.5, 0.6) is 0 Å². The molecule has 2 aromatic heterocycles. The quantitative estimate of drug-likeness (QED) is 0.281. The molecular formula is C18H23FIN5S. The summed E-state index contributed by atoms with van der Waals surface area (Å²) in [4.78, 5) is 11.9. The average molecular weight is 487 g/mol. The summed E-state index contributed by atoms with van der Waals surface area (Å²) in [5, 5.41) is 10.9. The van der Waals surface area contributed by atoms with Gasteiger partial charge >= 0.3 is 0 Å². The molecule has 0 amide bonds. The number of halogens is 2. The molecule has 0 aliphatic carbocycles. The van der Waals surface area contributed by atoms with Crippen LogP contribution in [-0.4, -0.2) is 29.5 Å². The van der Waals surface area contributed by atoms with Crippen LogP contribution in [0.25, 0.3) is 10.9 Å². The number of nitrogens with zero attached hydrogens (tertiary/aromatic N) is 2. The Bertz CT molecular complexity index is 873. The number of H-pyrrole nitrogens is 1. The van der Waals surface area contributed by atoms with Gasteiger partial charge in [-0.1, -0.05) is 6.92 Å². The monoisotopic (exact) mass is 487 g/mol. The van der Waals surface area contributed by atoms with Gasteiger partial charge in [-0.25, -0.2) is 9.37 Å². The van der Waals surface area contributed by atoms with Gasteiger partial charge in [0.2, 0.25) is 0 Å². The number of hydrogen-bond donors (Lipinski definition) is 3. The summed E-state index contributed by atoms with van der Waals surface area (Å²) < 4.78 is 13.2. The minimum Gasteiger partial charge on any atom is -0.361 e. The number of rotatable bonds is 6. The standard InChI is InChI=1S/C18H22FN5S.HI/c1-3-17-24-14(11-25-17)10-23-18(20-2)21-7-6-12-9-22-16-8-13(19)4-5-15(12)16;/h4-5,8-9,11,22H,3,6-7,10H2,1-2H3,(H2,20,21,23);1H. The number of aryl methyl sites for hydroxylation is 1. The lowest BCUT2D eigenvalue weighted by Crippen LogP contribution is -2.37. The van der Waals surface area contributed by atoms with Gasteiger partial charge in [0.1, 0.15) is 5.82 Å². The number of nitrogens with one attached hydrogen (secondary N) is 3. The molecule has 0 atom stereocenters. The average Bonchev–Trinajstić information content (AvgIpc) is 3.24. The van der Waals surface area contributed by atoms with Crippen LogP contribution in [0.2, 0.25) is 0 Å². The number of aromatic nitrogens is 2. The highest BCUT2D eigenvalue weighted by molar-refractivity contribution is 14.0. The summed E-state index contributed by atoms with van der Waals surface area (Å²) in [7, 11) is 1.75. The van der Waals surface area contributed by atoms with Crippen molar-refractivity contribution in [2.75, 3.05) is 13.6 Å². The number of guanidine groups is 1. The molecule has 3 rings (SSSR count). The van der Waals surface area contributed by atoms with Gasteiger partial charge in [-0.2, -0.15) is 0 Å². The first kappa shape index (κ1) is 20.6. The van der Waals surface area contributed by atoms with Gasteiger partial charge < -0.3 is 15.6 Å². The molecule has 0 spiro atoms. The van der Waals surface area contributed by atoms with Gasteiger partial charge in [-0.3, -0.25) is 4.99 Å². The lowest BCUT2D eigenvalue weighted by Gasteiger charge is -2.10. The van der Waals surface area contributed by atoms with E-state index in [1.807, 2.05) is 12.3 Å². The van der Waals surface area contributed by atoms with E-state index < -0.39 is 0 Å². The number of hydrogen-bond acceptors (Lipinski definition) is 3. The van der Waals surface area contributed by atoms with Crippen LogP contribution in [0.3, 0.4) is 0 Å². The number of fused-ring (bicyclic) bond motifs is 1. The topological polar surface area (TPSA) is 65.1 Å². The summed E-state index contributed by atoms with van der Waals surface area (Å²) in [6.45, 7) is 3.50. The normalized spacial score (nSPS) is 11.4. The molecule has 0 saturated carbocycles. The van der Waals surface area contributed by atoms with Crippen LogP contribution in [0.1, 0.15) is 23.2 Å². The predicted molar refractivity (Wildman–Crippen MR) is 117 cm³/mol. The molecule has 0 saturated heterocycles. The van der Waals surface area contributed by atoms with Crippen LogP contribution in [0.15, 0.2) is 34.8 Å². The molecule has 0 fully saturated rings. The Morgan fingerprint density at radius 1 is 1.35 bits per heavy atom. The van der Waals surface area contributed by atoms with Gasteiger partial charge in [-0.05, 0) is 36.6 Å². The van der Waals surface area contributed by atoms with E-state index in [-0.39, 0.29) is 29.8 Å². The van der Waals surface area contributed by atoms with Crippen LogP contribution in [-0.2, 0) is 19.4 Å². The SMILES string of the molecule is CCc1nc(CNC(=NC)NCCc2c[nH]c3cc(F)ccc23)cs1.I. The first-order valence-corrected chi connectivity index (χ1v) is 9.21. The smallest absolute Gasteiger partial charge is 0.191 e. The zero-order valence-corrected chi connectivity index (χ0v) is 18.0. The molecule has 140 valence electrons. The summed E-state index contributed by atoms with van der Waals surface area (Å²) in [6, 6.07) is 4.83. The first-order valence-electron chi connectivity index (χ1n) is 8.33. The lowest BCUT2D eigenvalue weighted by atomic mass is 10.1. The maximum atomic E-state index is 13.2. The van der Waals surface area contributed by atoms with Gasteiger partial charge in [0, 0.05) is 36.1 Å². The predicted octanol–water partition coefficient (Wildman–Crippen LogP) is 3.85. The maximum Gasteiger partial charge on any atom is 0.191 e. The summed E-state index contributed by atoms with van der Waals surface area (Å²) in [5.41, 5.74) is 3.02. The molecular weight excluding hydrogens is 464 g/mol. The van der Waals surface area contributed by atoms with E-state index in [0.717, 1.165) is 52.5 Å². The molecule has 8 heteroatoms. The van der Waals surface area contributed by atoms with E-state index in [9.17, 15) is 4.39 Å².